The zero-order chi connectivity index (χ0) is 36.3. The van der Waals surface area contributed by atoms with Crippen LogP contribution in [0.3, 0.4) is 0 Å². The maximum absolute atomic E-state index is 6.29. The molecule has 55 heavy (non-hydrogen) atoms. The molecule has 4 heterocycles. The van der Waals surface area contributed by atoms with Gasteiger partial charge in [-0.2, -0.15) is 0 Å². The third kappa shape index (κ3) is 5.27. The smallest absolute Gasteiger partial charge is 0.227 e. The molecule has 0 N–H and O–H groups in total. The summed E-state index contributed by atoms with van der Waals surface area (Å²) in [7, 11) is 0. The lowest BCUT2D eigenvalue weighted by Crippen LogP contribution is -2.01. The number of hydrogen-bond donors (Lipinski definition) is 0. The van der Waals surface area contributed by atoms with Crippen LogP contribution in [0.25, 0.3) is 107 Å². The van der Waals surface area contributed by atoms with Gasteiger partial charge >= 0.3 is 0 Å². The van der Waals surface area contributed by atoms with E-state index in [2.05, 4.69) is 71.3 Å². The topological polar surface area (TPSA) is 95.7 Å². The van der Waals surface area contributed by atoms with E-state index in [1.807, 2.05) is 103 Å². The molecular weight excluding hydrogens is 681 g/mol. The first-order valence-electron chi connectivity index (χ1n) is 18.0. The molecule has 0 saturated carbocycles. The van der Waals surface area contributed by atoms with E-state index in [1.165, 1.54) is 0 Å². The van der Waals surface area contributed by atoms with Gasteiger partial charge in [-0.05, 0) is 66.7 Å². The lowest BCUT2D eigenvalue weighted by Gasteiger charge is -2.11. The fourth-order valence-corrected chi connectivity index (χ4v) is 7.40. The fraction of sp³-hybridized carbons (Fsp3) is 0. The summed E-state index contributed by atoms with van der Waals surface area (Å²) in [5, 5.41) is 2.17. The van der Waals surface area contributed by atoms with Crippen molar-refractivity contribution < 1.29 is 8.83 Å². The number of hydrogen-bond acceptors (Lipinski definition) is 7. The lowest BCUT2D eigenvalue weighted by atomic mass is 10.0. The second-order valence-corrected chi connectivity index (χ2v) is 13.3. The summed E-state index contributed by atoms with van der Waals surface area (Å²) in [4.78, 5) is 25.2. The summed E-state index contributed by atoms with van der Waals surface area (Å²) in [5.74, 6) is 2.54. The minimum atomic E-state index is 0.469. The maximum atomic E-state index is 6.29. The molecule has 4 aromatic heterocycles. The third-order valence-electron chi connectivity index (χ3n) is 9.89. The molecule has 8 nitrogen and oxygen atoms in total. The molecule has 0 bridgehead atoms. The second-order valence-electron chi connectivity index (χ2n) is 13.3. The monoisotopic (exact) mass is 708 g/mol. The molecule has 11 aromatic rings. The Bertz CT molecular complexity index is 3060. The largest absolute Gasteiger partial charge is 0.436 e. The number of para-hydroxylation sites is 6. The van der Waals surface area contributed by atoms with Crippen LogP contribution in [0.15, 0.2) is 179 Å². The van der Waals surface area contributed by atoms with E-state index >= 15 is 0 Å². The van der Waals surface area contributed by atoms with Crippen molar-refractivity contribution in [3.63, 3.8) is 0 Å². The van der Waals surface area contributed by atoms with E-state index in [1.54, 1.807) is 0 Å². The zero-order valence-electron chi connectivity index (χ0n) is 29.2. The highest BCUT2D eigenvalue weighted by molar-refractivity contribution is 6.15. The van der Waals surface area contributed by atoms with Crippen LogP contribution in [0.4, 0.5) is 0 Å². The van der Waals surface area contributed by atoms with Gasteiger partial charge in [0.2, 0.25) is 11.8 Å². The van der Waals surface area contributed by atoms with E-state index in [-0.39, 0.29) is 0 Å². The maximum Gasteiger partial charge on any atom is 0.227 e. The number of benzene rings is 7. The molecule has 0 amide bonds. The molecule has 0 saturated heterocycles. The molecule has 0 unspecified atom stereocenters. The van der Waals surface area contributed by atoms with Crippen molar-refractivity contribution in [1.29, 1.82) is 0 Å². The molecule has 0 aliphatic carbocycles. The van der Waals surface area contributed by atoms with Crippen LogP contribution in [-0.4, -0.2) is 29.5 Å². The van der Waals surface area contributed by atoms with Crippen LogP contribution in [0, 0.1) is 0 Å². The van der Waals surface area contributed by atoms with Crippen molar-refractivity contribution in [2.75, 3.05) is 0 Å². The Balaban J connectivity index is 1.17. The van der Waals surface area contributed by atoms with Crippen LogP contribution < -0.4 is 0 Å². The Kier molecular flexibility index (Phi) is 6.99. The molecule has 8 heteroatoms. The Morgan fingerprint density at radius 3 is 1.58 bits per heavy atom. The summed E-state index contributed by atoms with van der Waals surface area (Å²) in [6.07, 6.45) is 0. The minimum Gasteiger partial charge on any atom is -0.436 e. The van der Waals surface area contributed by atoms with E-state index in [0.29, 0.717) is 40.4 Å². The SMILES string of the molecule is c1ccc(-c2nc(-c3cc(-c4nc5ccccc5o4)cc(-c4nc5ccccc5o4)c3)nc(-c3cccc4c3c3ccccc3n4-c3ccccc3)n2)cc1. The predicted octanol–water partition coefficient (Wildman–Crippen LogP) is 11.6. The molecule has 7 aromatic carbocycles. The average Bonchev–Trinajstić information content (AvgIpc) is 3.98. The fourth-order valence-electron chi connectivity index (χ4n) is 7.40. The lowest BCUT2D eigenvalue weighted by molar-refractivity contribution is 0.617. The van der Waals surface area contributed by atoms with Gasteiger partial charge in [-0.25, -0.2) is 24.9 Å². The average molecular weight is 709 g/mol. The number of rotatable bonds is 6. The standard InChI is InChI=1S/C47H28N6O2/c1-3-14-29(15-4-1)43-50-44(52-45(51-43)35-19-13-23-39-42(35)34-18-7-10-22-38(34)53(39)33-16-5-2-6-17-33)30-26-31(46-48-36-20-8-11-24-40(36)54-46)28-32(27-30)47-49-37-21-9-12-25-41(37)55-47/h1-28H. The molecular formula is C47H28N6O2. The molecule has 258 valence electrons. The summed E-state index contributed by atoms with van der Waals surface area (Å²) >= 11 is 0. The predicted molar refractivity (Wildman–Crippen MR) is 216 cm³/mol. The van der Waals surface area contributed by atoms with Gasteiger partial charge < -0.3 is 13.4 Å². The highest BCUT2D eigenvalue weighted by atomic mass is 16.4. The van der Waals surface area contributed by atoms with Crippen molar-refractivity contribution in [2.45, 2.75) is 0 Å². The van der Waals surface area contributed by atoms with Gasteiger partial charge in [0.25, 0.3) is 0 Å². The molecule has 11 rings (SSSR count). The van der Waals surface area contributed by atoms with Crippen molar-refractivity contribution >= 4 is 44.0 Å². The van der Waals surface area contributed by atoms with Crippen LogP contribution in [0.1, 0.15) is 0 Å². The normalized spacial score (nSPS) is 11.6. The minimum absolute atomic E-state index is 0.469. The summed E-state index contributed by atoms with van der Waals surface area (Å²) in [6.45, 7) is 0. The molecule has 0 aliphatic heterocycles. The molecule has 0 spiro atoms. The Morgan fingerprint density at radius 1 is 0.382 bits per heavy atom. The van der Waals surface area contributed by atoms with Crippen molar-refractivity contribution in [2.24, 2.45) is 0 Å². The Labute approximate surface area is 314 Å². The Morgan fingerprint density at radius 2 is 0.909 bits per heavy atom. The number of aromatic nitrogens is 6. The first kappa shape index (κ1) is 30.9. The highest BCUT2D eigenvalue weighted by Crippen LogP contribution is 2.39. The van der Waals surface area contributed by atoms with E-state index in [9.17, 15) is 0 Å². The Hall–Kier alpha value is -7.71. The highest BCUT2D eigenvalue weighted by Gasteiger charge is 2.21. The first-order valence-corrected chi connectivity index (χ1v) is 18.0. The molecule has 0 fully saturated rings. The molecule has 0 radical (unpaired) electrons. The van der Waals surface area contributed by atoms with Crippen molar-refractivity contribution in [3.05, 3.63) is 170 Å². The number of oxazole rings is 2. The summed E-state index contributed by atoms with van der Waals surface area (Å²) in [6, 6.07) is 56.7. The van der Waals surface area contributed by atoms with Crippen molar-refractivity contribution in [1.82, 2.24) is 29.5 Å². The van der Waals surface area contributed by atoms with Crippen LogP contribution in [0.2, 0.25) is 0 Å². The van der Waals surface area contributed by atoms with Crippen LogP contribution in [0.5, 0.6) is 0 Å². The van der Waals surface area contributed by atoms with Gasteiger partial charge in [0.05, 0.1) is 11.0 Å². The number of fused-ring (bicyclic) bond motifs is 5. The van der Waals surface area contributed by atoms with Crippen molar-refractivity contribution in [3.8, 4) is 62.8 Å². The van der Waals surface area contributed by atoms with E-state index in [0.717, 1.165) is 66.3 Å². The van der Waals surface area contributed by atoms with Gasteiger partial charge in [0.15, 0.2) is 28.6 Å². The summed E-state index contributed by atoms with van der Waals surface area (Å²) < 4.78 is 14.9. The van der Waals surface area contributed by atoms with E-state index < -0.39 is 0 Å². The van der Waals surface area contributed by atoms with Gasteiger partial charge in [-0.15, -0.1) is 0 Å². The van der Waals surface area contributed by atoms with Crippen LogP contribution >= 0.6 is 0 Å². The number of nitrogens with zero attached hydrogens (tertiary/aromatic N) is 6. The van der Waals surface area contributed by atoms with Gasteiger partial charge in [-0.3, -0.25) is 0 Å². The third-order valence-corrected chi connectivity index (χ3v) is 9.89. The van der Waals surface area contributed by atoms with Gasteiger partial charge in [0, 0.05) is 44.3 Å². The summed E-state index contributed by atoms with van der Waals surface area (Å²) in [5.41, 5.74) is 10.2. The second kappa shape index (κ2) is 12.5. The zero-order valence-corrected chi connectivity index (χ0v) is 29.2. The van der Waals surface area contributed by atoms with E-state index in [4.69, 9.17) is 33.8 Å². The van der Waals surface area contributed by atoms with Gasteiger partial charge in [-0.1, -0.05) is 103 Å². The molecule has 0 aliphatic rings. The first-order chi connectivity index (χ1) is 27.2. The molecule has 0 atom stereocenters. The quantitative estimate of drug-likeness (QED) is 0.170. The van der Waals surface area contributed by atoms with Crippen LogP contribution in [-0.2, 0) is 0 Å². The van der Waals surface area contributed by atoms with Gasteiger partial charge in [0.1, 0.15) is 11.0 Å².